The van der Waals surface area contributed by atoms with Crippen LogP contribution in [0.15, 0.2) is 0 Å². The Morgan fingerprint density at radius 2 is 1.38 bits per heavy atom. The van der Waals surface area contributed by atoms with Gasteiger partial charge in [-0.3, -0.25) is 9.59 Å². The van der Waals surface area contributed by atoms with E-state index in [-0.39, 0.29) is 6.10 Å². The highest BCUT2D eigenvalue weighted by Crippen LogP contribution is 2.42. The van der Waals surface area contributed by atoms with Crippen LogP contribution < -0.4 is 0 Å². The SMILES string of the molecule is CCCCC(C)OC(=O)CC(C(=O)OC(C)CCCC)S(O)(O)O. The molecule has 0 fully saturated rings. The third-order valence-electron chi connectivity index (χ3n) is 3.58. The minimum Gasteiger partial charge on any atom is -0.463 e. The van der Waals surface area contributed by atoms with E-state index < -0.39 is 40.6 Å². The Balaban J connectivity index is 4.66. The van der Waals surface area contributed by atoms with Gasteiger partial charge in [-0.05, 0) is 26.7 Å². The minimum atomic E-state index is -4.25. The average Bonchev–Trinajstić information content (AvgIpc) is 2.47. The summed E-state index contributed by atoms with van der Waals surface area (Å²) < 4.78 is 38.6. The summed E-state index contributed by atoms with van der Waals surface area (Å²) in [6, 6.07) is 0. The van der Waals surface area contributed by atoms with Crippen molar-refractivity contribution in [2.24, 2.45) is 0 Å². The predicted molar refractivity (Wildman–Crippen MR) is 94.0 cm³/mol. The zero-order chi connectivity index (χ0) is 18.8. The molecule has 0 bridgehead atoms. The normalized spacial score (nSPS) is 16.1. The highest BCUT2D eigenvalue weighted by Gasteiger charge is 2.39. The molecule has 144 valence electrons. The fraction of sp³-hybridized carbons (Fsp3) is 0.875. The molecule has 7 nitrogen and oxygen atoms in total. The Morgan fingerprint density at radius 1 is 0.917 bits per heavy atom. The number of esters is 2. The van der Waals surface area contributed by atoms with Crippen LogP contribution in [0.5, 0.6) is 0 Å². The van der Waals surface area contributed by atoms with E-state index in [2.05, 4.69) is 0 Å². The van der Waals surface area contributed by atoms with Gasteiger partial charge in [0.15, 0.2) is 5.25 Å². The van der Waals surface area contributed by atoms with Gasteiger partial charge in [-0.25, -0.2) is 0 Å². The molecule has 3 N–H and O–H groups in total. The van der Waals surface area contributed by atoms with Crippen LogP contribution in [0.3, 0.4) is 0 Å². The molecule has 0 aliphatic heterocycles. The second kappa shape index (κ2) is 11.7. The summed E-state index contributed by atoms with van der Waals surface area (Å²) in [5.74, 6) is -1.77. The van der Waals surface area contributed by atoms with Gasteiger partial charge in [0.25, 0.3) is 0 Å². The first kappa shape index (κ1) is 23.2. The molecule has 0 aliphatic carbocycles. The van der Waals surface area contributed by atoms with Crippen molar-refractivity contribution in [3.63, 3.8) is 0 Å². The Bertz CT molecular complexity index is 381. The van der Waals surface area contributed by atoms with E-state index in [4.69, 9.17) is 9.47 Å². The van der Waals surface area contributed by atoms with E-state index in [1.807, 2.05) is 13.8 Å². The van der Waals surface area contributed by atoms with Crippen molar-refractivity contribution in [3.8, 4) is 0 Å². The van der Waals surface area contributed by atoms with Crippen LogP contribution in [0.4, 0.5) is 0 Å². The van der Waals surface area contributed by atoms with E-state index in [1.54, 1.807) is 13.8 Å². The first-order valence-electron chi connectivity index (χ1n) is 8.51. The lowest BCUT2D eigenvalue weighted by Crippen LogP contribution is -2.34. The molecular formula is C16H32O7S. The lowest BCUT2D eigenvalue weighted by Gasteiger charge is -2.29. The van der Waals surface area contributed by atoms with Gasteiger partial charge in [-0.1, -0.05) is 39.5 Å². The van der Waals surface area contributed by atoms with Crippen LogP contribution in [0, 0.1) is 0 Å². The molecule has 0 heterocycles. The standard InChI is InChI=1S/C16H32O7S/c1-5-7-9-12(3)22-15(17)11-14(24(19,20)21)16(18)23-13(4)10-8-6-2/h12-14,19-21H,5-11H2,1-4H3. The zero-order valence-electron chi connectivity index (χ0n) is 15.1. The molecule has 0 aliphatic rings. The summed E-state index contributed by atoms with van der Waals surface area (Å²) in [7, 11) is -4.25. The Kier molecular flexibility index (Phi) is 11.3. The molecule has 0 radical (unpaired) electrons. The van der Waals surface area contributed by atoms with Crippen LogP contribution in [-0.2, 0) is 19.1 Å². The van der Waals surface area contributed by atoms with Gasteiger partial charge in [0.2, 0.25) is 0 Å². The third kappa shape index (κ3) is 10.1. The van der Waals surface area contributed by atoms with E-state index in [0.29, 0.717) is 12.8 Å². The van der Waals surface area contributed by atoms with Crippen LogP contribution in [0.1, 0.15) is 72.6 Å². The lowest BCUT2D eigenvalue weighted by molar-refractivity contribution is -0.155. The number of hydrogen-bond donors (Lipinski definition) is 3. The zero-order valence-corrected chi connectivity index (χ0v) is 15.9. The molecule has 0 saturated carbocycles. The van der Waals surface area contributed by atoms with Gasteiger partial charge in [-0.15, -0.1) is 0 Å². The van der Waals surface area contributed by atoms with Crippen molar-refractivity contribution < 1.29 is 32.7 Å². The van der Waals surface area contributed by atoms with Crippen molar-refractivity contribution >= 4 is 22.8 Å². The number of rotatable bonds is 12. The first-order valence-corrected chi connectivity index (χ1v) is 10.1. The van der Waals surface area contributed by atoms with Crippen LogP contribution in [0.25, 0.3) is 0 Å². The number of unbranched alkanes of at least 4 members (excludes halogenated alkanes) is 2. The summed E-state index contributed by atoms with van der Waals surface area (Å²) in [6.45, 7) is 7.42. The maximum atomic E-state index is 12.1. The van der Waals surface area contributed by atoms with E-state index in [0.717, 1.165) is 25.7 Å². The molecule has 0 aromatic rings. The van der Waals surface area contributed by atoms with Gasteiger partial charge < -0.3 is 23.1 Å². The number of hydrogen-bond acceptors (Lipinski definition) is 7. The number of carbonyl (C=O) groups is 2. The molecule has 3 atom stereocenters. The Hall–Kier alpha value is -0.830. The second-order valence-corrected chi connectivity index (χ2v) is 7.78. The minimum absolute atomic E-state index is 0.335. The molecule has 0 aromatic heterocycles. The van der Waals surface area contributed by atoms with Crippen molar-refractivity contribution in [1.29, 1.82) is 0 Å². The summed E-state index contributed by atoms with van der Waals surface area (Å²) in [6.07, 6.45) is 3.55. The largest absolute Gasteiger partial charge is 0.463 e. The maximum Gasteiger partial charge on any atom is 0.325 e. The van der Waals surface area contributed by atoms with E-state index in [1.165, 1.54) is 0 Å². The van der Waals surface area contributed by atoms with Gasteiger partial charge in [0.1, 0.15) is 0 Å². The van der Waals surface area contributed by atoms with Gasteiger partial charge >= 0.3 is 11.9 Å². The highest BCUT2D eigenvalue weighted by molar-refractivity contribution is 8.20. The average molecular weight is 368 g/mol. The predicted octanol–water partition coefficient (Wildman–Crippen LogP) is 4.21. The molecule has 0 aromatic carbocycles. The van der Waals surface area contributed by atoms with E-state index in [9.17, 15) is 23.2 Å². The molecule has 0 amide bonds. The molecule has 0 rings (SSSR count). The maximum absolute atomic E-state index is 12.1. The smallest absolute Gasteiger partial charge is 0.325 e. The highest BCUT2D eigenvalue weighted by atomic mass is 32.3. The summed E-state index contributed by atoms with van der Waals surface area (Å²) >= 11 is 0. The van der Waals surface area contributed by atoms with Gasteiger partial charge in [-0.2, -0.15) is 0 Å². The van der Waals surface area contributed by atoms with Crippen LogP contribution in [0.2, 0.25) is 0 Å². The summed E-state index contributed by atoms with van der Waals surface area (Å²) in [5.41, 5.74) is 0. The lowest BCUT2D eigenvalue weighted by atomic mass is 10.2. The van der Waals surface area contributed by atoms with Crippen LogP contribution >= 0.6 is 10.9 Å². The van der Waals surface area contributed by atoms with Crippen molar-refractivity contribution in [1.82, 2.24) is 0 Å². The molecule has 8 heteroatoms. The molecule has 3 unspecified atom stereocenters. The third-order valence-corrected chi connectivity index (χ3v) is 4.70. The van der Waals surface area contributed by atoms with Gasteiger partial charge in [0, 0.05) is 0 Å². The summed E-state index contributed by atoms with van der Waals surface area (Å²) in [4.78, 5) is 24.0. The monoisotopic (exact) mass is 368 g/mol. The van der Waals surface area contributed by atoms with Crippen molar-refractivity contribution in [2.45, 2.75) is 90.1 Å². The van der Waals surface area contributed by atoms with Crippen molar-refractivity contribution in [2.75, 3.05) is 0 Å². The summed E-state index contributed by atoms with van der Waals surface area (Å²) in [5, 5.41) is -1.73. The van der Waals surface area contributed by atoms with Crippen LogP contribution in [-0.4, -0.2) is 43.1 Å². The molecule has 0 saturated heterocycles. The van der Waals surface area contributed by atoms with Crippen molar-refractivity contribution in [3.05, 3.63) is 0 Å². The molecule has 24 heavy (non-hydrogen) atoms. The fourth-order valence-corrected chi connectivity index (χ4v) is 2.80. The first-order chi connectivity index (χ1) is 11.1. The quantitative estimate of drug-likeness (QED) is 0.442. The fourth-order valence-electron chi connectivity index (χ4n) is 2.12. The number of carbonyl (C=O) groups excluding carboxylic acids is 2. The number of ether oxygens (including phenoxy) is 2. The molecular weight excluding hydrogens is 336 g/mol. The van der Waals surface area contributed by atoms with Gasteiger partial charge in [0.05, 0.1) is 29.5 Å². The van der Waals surface area contributed by atoms with E-state index >= 15 is 0 Å². The molecule has 0 spiro atoms. The topological polar surface area (TPSA) is 113 Å². The Labute approximate surface area is 146 Å². The second-order valence-electron chi connectivity index (χ2n) is 6.09. The Morgan fingerprint density at radius 3 is 1.79 bits per heavy atom.